The lowest BCUT2D eigenvalue weighted by atomic mass is 10.1. The average Bonchev–Trinajstić information content (AvgIpc) is 2.51. The summed E-state index contributed by atoms with van der Waals surface area (Å²) < 4.78 is 45.3. The first-order valence-corrected chi connectivity index (χ1v) is 11.9. The minimum Gasteiger partial charge on any atom is -0.399 e. The molecule has 2 rings (SSSR count). The molecule has 0 aliphatic rings. The Morgan fingerprint density at radius 2 is 1.18 bits per heavy atom. The number of nitrogens with two attached hydrogens (primary N) is 1. The Morgan fingerprint density at radius 3 is 1.57 bits per heavy atom. The molecule has 0 unspecified atom stereocenters. The zero-order valence-electron chi connectivity index (χ0n) is 16.6. The zero-order valence-corrected chi connectivity index (χ0v) is 18.2. The van der Waals surface area contributed by atoms with Crippen LogP contribution < -0.4 is 5.73 Å². The highest BCUT2D eigenvalue weighted by Gasteiger charge is 2.18. The van der Waals surface area contributed by atoms with Gasteiger partial charge in [-0.05, 0) is 62.1 Å². The van der Waals surface area contributed by atoms with E-state index in [1.54, 1.807) is 26.8 Å². The van der Waals surface area contributed by atoms with Gasteiger partial charge in [0.1, 0.15) is 0 Å². The number of hydrogen-bond acceptors (Lipinski definition) is 7. The smallest absolute Gasteiger partial charge is 0.271 e. The predicted octanol–water partition coefficient (Wildman–Crippen LogP) is 2.90. The van der Waals surface area contributed by atoms with E-state index in [4.69, 9.17) is 5.73 Å². The summed E-state index contributed by atoms with van der Waals surface area (Å²) in [7, 11) is -6.57. The topological polar surface area (TPSA) is 137 Å². The summed E-state index contributed by atoms with van der Waals surface area (Å²) in [6, 6.07) is 5.73. The summed E-state index contributed by atoms with van der Waals surface area (Å²) in [5.41, 5.74) is 8.69. The minimum absolute atomic E-state index is 0.0224. The third-order valence-electron chi connectivity index (χ3n) is 4.26. The third-order valence-corrected chi connectivity index (χ3v) is 6.70. The number of benzene rings is 2. The minimum atomic E-state index is -3.42. The average molecular weight is 429 g/mol. The van der Waals surface area contributed by atoms with Gasteiger partial charge in [-0.25, -0.2) is 16.8 Å². The molecule has 2 aromatic carbocycles. The number of hydrogen-bond donors (Lipinski definition) is 1. The van der Waals surface area contributed by atoms with Crippen LogP contribution in [0.1, 0.15) is 22.3 Å². The number of nitro groups is 1. The Morgan fingerprint density at radius 1 is 0.786 bits per heavy atom. The molecule has 0 atom stereocenters. The van der Waals surface area contributed by atoms with Crippen molar-refractivity contribution in [3.8, 4) is 0 Å². The van der Waals surface area contributed by atoms with Crippen LogP contribution in [0.3, 0.4) is 0 Å². The SMILES string of the molecule is Cc1cc(N)cc(S(C)(=O)=O)c1C.Cc1cc([N+](=O)[O-])cc(S(C)(=O)=O)c1C. The largest absolute Gasteiger partial charge is 0.399 e. The second-order valence-corrected chi connectivity index (χ2v) is 10.6. The molecule has 2 aromatic rings. The quantitative estimate of drug-likeness (QED) is 0.450. The highest BCUT2D eigenvalue weighted by Crippen LogP contribution is 2.25. The van der Waals surface area contributed by atoms with E-state index >= 15 is 0 Å². The van der Waals surface area contributed by atoms with E-state index in [1.807, 2.05) is 6.92 Å². The predicted molar refractivity (Wildman–Crippen MR) is 109 cm³/mol. The molecule has 154 valence electrons. The fraction of sp³-hybridized carbons (Fsp3) is 0.333. The Balaban J connectivity index is 0.000000283. The highest BCUT2D eigenvalue weighted by molar-refractivity contribution is 7.91. The fourth-order valence-electron chi connectivity index (χ4n) is 2.54. The van der Waals surface area contributed by atoms with E-state index in [-0.39, 0.29) is 10.6 Å². The van der Waals surface area contributed by atoms with Crippen LogP contribution in [-0.2, 0) is 19.7 Å². The number of rotatable bonds is 3. The molecule has 0 radical (unpaired) electrons. The first kappa shape index (κ1) is 23.6. The van der Waals surface area contributed by atoms with Crippen molar-refractivity contribution < 1.29 is 21.8 Å². The lowest BCUT2D eigenvalue weighted by Crippen LogP contribution is -2.03. The van der Waals surface area contributed by atoms with Gasteiger partial charge >= 0.3 is 0 Å². The van der Waals surface area contributed by atoms with Crippen molar-refractivity contribution in [2.45, 2.75) is 37.5 Å². The van der Waals surface area contributed by atoms with Crippen LogP contribution in [0.25, 0.3) is 0 Å². The summed E-state index contributed by atoms with van der Waals surface area (Å²) in [5, 5.41) is 10.6. The molecule has 0 aliphatic heterocycles. The van der Waals surface area contributed by atoms with E-state index in [0.29, 0.717) is 21.7 Å². The number of nitrogen functional groups attached to an aromatic ring is 1. The molecule has 28 heavy (non-hydrogen) atoms. The molecule has 0 heterocycles. The van der Waals surface area contributed by atoms with Gasteiger partial charge < -0.3 is 5.73 Å². The lowest BCUT2D eigenvalue weighted by molar-refractivity contribution is -0.385. The number of anilines is 1. The van der Waals surface area contributed by atoms with Gasteiger partial charge in [-0.3, -0.25) is 10.1 Å². The van der Waals surface area contributed by atoms with Crippen LogP contribution in [0.5, 0.6) is 0 Å². The molecule has 0 saturated carbocycles. The zero-order chi connectivity index (χ0) is 22.0. The van der Waals surface area contributed by atoms with Crippen molar-refractivity contribution >= 4 is 31.0 Å². The van der Waals surface area contributed by atoms with Crippen molar-refractivity contribution in [3.63, 3.8) is 0 Å². The van der Waals surface area contributed by atoms with Gasteiger partial charge in [-0.2, -0.15) is 0 Å². The number of aryl methyl sites for hydroxylation is 2. The standard InChI is InChI=1S/C9H11NO4S.C9H13NO2S/c1-6-4-8(10(11)12)5-9(7(6)2)15(3,13)14;1-6-4-8(10)5-9(7(6)2)13(3,11)12/h4-5H,1-3H3;4-5H,10H2,1-3H3. The Hall–Kier alpha value is -2.46. The molecule has 2 N–H and O–H groups in total. The monoisotopic (exact) mass is 428 g/mol. The van der Waals surface area contributed by atoms with Crippen molar-refractivity contribution in [1.29, 1.82) is 0 Å². The number of nitrogens with zero attached hydrogens (tertiary/aromatic N) is 1. The molecule has 8 nitrogen and oxygen atoms in total. The second-order valence-electron chi connectivity index (χ2n) is 6.65. The maximum atomic E-state index is 11.4. The van der Waals surface area contributed by atoms with Gasteiger partial charge in [-0.1, -0.05) is 0 Å². The summed E-state index contributed by atoms with van der Waals surface area (Å²) in [4.78, 5) is 10.3. The van der Waals surface area contributed by atoms with Crippen LogP contribution in [0.4, 0.5) is 11.4 Å². The normalized spacial score (nSPS) is 11.5. The molecular formula is C18H24N2O6S2. The van der Waals surface area contributed by atoms with Gasteiger partial charge in [0.2, 0.25) is 0 Å². The Labute approximate surface area is 165 Å². The van der Waals surface area contributed by atoms with Gasteiger partial charge in [0.15, 0.2) is 19.7 Å². The molecule has 0 saturated heterocycles. The van der Waals surface area contributed by atoms with E-state index in [1.165, 1.54) is 18.4 Å². The maximum absolute atomic E-state index is 11.4. The third kappa shape index (κ3) is 5.77. The van der Waals surface area contributed by atoms with Crippen LogP contribution >= 0.6 is 0 Å². The van der Waals surface area contributed by atoms with E-state index in [9.17, 15) is 26.9 Å². The molecular weight excluding hydrogens is 404 g/mol. The van der Waals surface area contributed by atoms with Gasteiger partial charge in [0.25, 0.3) is 5.69 Å². The van der Waals surface area contributed by atoms with Crippen LogP contribution in [0, 0.1) is 37.8 Å². The van der Waals surface area contributed by atoms with Gasteiger partial charge in [-0.15, -0.1) is 0 Å². The molecule has 0 aliphatic carbocycles. The molecule has 0 bridgehead atoms. The fourth-order valence-corrected chi connectivity index (χ4v) is 4.66. The van der Waals surface area contributed by atoms with Crippen LogP contribution in [0.15, 0.2) is 34.1 Å². The molecule has 0 aromatic heterocycles. The first-order valence-electron chi connectivity index (χ1n) is 8.08. The van der Waals surface area contributed by atoms with Gasteiger partial charge in [0, 0.05) is 30.3 Å². The van der Waals surface area contributed by atoms with Crippen LogP contribution in [0.2, 0.25) is 0 Å². The molecule has 0 spiro atoms. The van der Waals surface area contributed by atoms with Crippen molar-refractivity contribution in [3.05, 3.63) is 56.6 Å². The van der Waals surface area contributed by atoms with Crippen LogP contribution in [-0.4, -0.2) is 34.3 Å². The van der Waals surface area contributed by atoms with Gasteiger partial charge in [0.05, 0.1) is 14.7 Å². The van der Waals surface area contributed by atoms with Crippen molar-refractivity contribution in [1.82, 2.24) is 0 Å². The van der Waals surface area contributed by atoms with Crippen molar-refractivity contribution in [2.24, 2.45) is 0 Å². The number of non-ortho nitro benzene ring substituents is 1. The lowest BCUT2D eigenvalue weighted by Gasteiger charge is -2.07. The van der Waals surface area contributed by atoms with Crippen molar-refractivity contribution in [2.75, 3.05) is 18.2 Å². The summed E-state index contributed by atoms with van der Waals surface area (Å²) in [6.07, 6.45) is 2.23. The highest BCUT2D eigenvalue weighted by atomic mass is 32.2. The second kappa shape index (κ2) is 8.27. The Bertz CT molecular complexity index is 1140. The van der Waals surface area contributed by atoms with E-state index < -0.39 is 24.6 Å². The first-order chi connectivity index (χ1) is 12.6. The summed E-state index contributed by atoms with van der Waals surface area (Å²) >= 11 is 0. The number of nitro benzene ring substituents is 1. The van der Waals surface area contributed by atoms with E-state index in [2.05, 4.69) is 0 Å². The Kier molecular flexibility index (Phi) is 6.97. The molecule has 10 heteroatoms. The molecule has 0 fully saturated rings. The summed E-state index contributed by atoms with van der Waals surface area (Å²) in [5.74, 6) is 0. The molecule has 0 amide bonds. The maximum Gasteiger partial charge on any atom is 0.271 e. The number of sulfone groups is 2. The summed E-state index contributed by atoms with van der Waals surface area (Å²) in [6.45, 7) is 6.91. The van der Waals surface area contributed by atoms with E-state index in [0.717, 1.165) is 23.4 Å².